The third-order valence-electron chi connectivity index (χ3n) is 4.86. The largest absolute Gasteiger partial charge is 0.490 e. The van der Waals surface area contributed by atoms with Gasteiger partial charge in [0, 0.05) is 19.3 Å². The zero-order chi connectivity index (χ0) is 24.0. The molecule has 0 saturated heterocycles. The maximum absolute atomic E-state index is 12.6. The van der Waals surface area contributed by atoms with Crippen molar-refractivity contribution in [3.8, 4) is 5.75 Å². The van der Waals surface area contributed by atoms with Gasteiger partial charge in [-0.25, -0.2) is 9.78 Å². The Labute approximate surface area is 186 Å². The highest BCUT2D eigenvalue weighted by Crippen LogP contribution is 2.26. The van der Waals surface area contributed by atoms with Gasteiger partial charge in [0.2, 0.25) is 5.91 Å². The summed E-state index contributed by atoms with van der Waals surface area (Å²) in [6, 6.07) is 7.24. The number of nitrogens with zero attached hydrogens (tertiary/aromatic N) is 4. The van der Waals surface area contributed by atoms with Crippen molar-refractivity contribution in [1.29, 1.82) is 0 Å². The summed E-state index contributed by atoms with van der Waals surface area (Å²) in [4.78, 5) is 31.9. The molecule has 4 rings (SSSR count). The Hall–Kier alpha value is -3.83. The minimum atomic E-state index is -5.08. The van der Waals surface area contributed by atoms with E-state index >= 15 is 0 Å². The second-order valence-corrected chi connectivity index (χ2v) is 7.06. The number of amides is 1. The maximum atomic E-state index is 12.6. The Kier molecular flexibility index (Phi) is 7.36. The van der Waals surface area contributed by atoms with Crippen LogP contribution in [0.15, 0.2) is 53.5 Å². The third kappa shape index (κ3) is 6.11. The van der Waals surface area contributed by atoms with E-state index in [0.29, 0.717) is 25.5 Å². The number of carbonyl (C=O) groups is 2. The number of pyridine rings is 1. The summed E-state index contributed by atoms with van der Waals surface area (Å²) in [5.41, 5.74) is 0.994. The zero-order valence-electron chi connectivity index (χ0n) is 17.5. The van der Waals surface area contributed by atoms with Crippen LogP contribution in [0.5, 0.6) is 5.75 Å². The molecule has 4 heterocycles. The molecule has 1 aliphatic rings. The van der Waals surface area contributed by atoms with E-state index in [-0.39, 0.29) is 18.4 Å². The van der Waals surface area contributed by atoms with Crippen molar-refractivity contribution in [2.45, 2.75) is 38.7 Å². The van der Waals surface area contributed by atoms with Crippen LogP contribution in [0.4, 0.5) is 13.2 Å². The van der Waals surface area contributed by atoms with Crippen molar-refractivity contribution in [2.75, 3.05) is 6.54 Å². The average molecular weight is 466 g/mol. The molecule has 176 valence electrons. The molecule has 1 atom stereocenters. The van der Waals surface area contributed by atoms with Crippen LogP contribution in [0.2, 0.25) is 0 Å². The first-order valence-corrected chi connectivity index (χ1v) is 9.86. The first-order valence-electron chi connectivity index (χ1n) is 9.86. The molecule has 0 spiro atoms. The number of aromatic nitrogens is 3. The molecule has 1 unspecified atom stereocenters. The molecule has 0 saturated carbocycles. The number of alkyl halides is 3. The predicted molar refractivity (Wildman–Crippen MR) is 107 cm³/mol. The van der Waals surface area contributed by atoms with Gasteiger partial charge in [0.05, 0.1) is 36.8 Å². The number of furan rings is 1. The van der Waals surface area contributed by atoms with Gasteiger partial charge in [-0.2, -0.15) is 13.2 Å². The van der Waals surface area contributed by atoms with Crippen molar-refractivity contribution in [3.63, 3.8) is 0 Å². The van der Waals surface area contributed by atoms with Gasteiger partial charge in [0.15, 0.2) is 0 Å². The quantitative estimate of drug-likeness (QED) is 0.615. The molecule has 12 heteroatoms. The normalized spacial score (nSPS) is 15.3. The first kappa shape index (κ1) is 23.8. The maximum Gasteiger partial charge on any atom is 0.490 e. The highest BCUT2D eigenvalue weighted by molar-refractivity contribution is 5.78. The minimum Gasteiger partial charge on any atom is -0.486 e. The number of halogens is 3. The van der Waals surface area contributed by atoms with Crippen molar-refractivity contribution in [3.05, 3.63) is 66.4 Å². The van der Waals surface area contributed by atoms with Crippen LogP contribution in [-0.2, 0) is 29.2 Å². The average Bonchev–Trinajstić information content (AvgIpc) is 3.43. The summed E-state index contributed by atoms with van der Waals surface area (Å²) in [6.07, 6.45) is 2.00. The van der Waals surface area contributed by atoms with Gasteiger partial charge in [-0.15, -0.1) is 0 Å². The fourth-order valence-electron chi connectivity index (χ4n) is 3.27. The Morgan fingerprint density at radius 2 is 2.00 bits per heavy atom. The molecular weight excluding hydrogens is 445 g/mol. The Bertz CT molecular complexity index is 1070. The molecule has 0 aromatic carbocycles. The lowest BCUT2D eigenvalue weighted by molar-refractivity contribution is -0.192. The summed E-state index contributed by atoms with van der Waals surface area (Å²) in [7, 11) is 0. The molecule has 33 heavy (non-hydrogen) atoms. The molecule has 3 aromatic heterocycles. The number of hydrogen-bond acceptors (Lipinski definition) is 6. The van der Waals surface area contributed by atoms with Gasteiger partial charge in [-0.1, -0.05) is 0 Å². The summed E-state index contributed by atoms with van der Waals surface area (Å²) in [5, 5.41) is 7.12. The predicted octanol–water partition coefficient (Wildman–Crippen LogP) is 3.23. The fraction of sp³-hybridized carbons (Fsp3) is 0.333. The van der Waals surface area contributed by atoms with Crippen LogP contribution in [0.25, 0.3) is 0 Å². The highest BCUT2D eigenvalue weighted by Gasteiger charge is 2.38. The van der Waals surface area contributed by atoms with E-state index in [4.69, 9.17) is 19.1 Å². The molecule has 1 N–H and O–H groups in total. The van der Waals surface area contributed by atoms with Crippen LogP contribution < -0.4 is 4.74 Å². The van der Waals surface area contributed by atoms with E-state index in [1.54, 1.807) is 24.7 Å². The molecule has 9 nitrogen and oxygen atoms in total. The van der Waals surface area contributed by atoms with E-state index in [1.807, 2.05) is 36.2 Å². The van der Waals surface area contributed by atoms with E-state index in [2.05, 4.69) is 14.5 Å². The van der Waals surface area contributed by atoms with Gasteiger partial charge < -0.3 is 23.7 Å². The highest BCUT2D eigenvalue weighted by atomic mass is 19.4. The first-order chi connectivity index (χ1) is 15.7. The number of carbonyl (C=O) groups excluding carboxylic acids is 1. The number of aliphatic carboxylic acids is 1. The van der Waals surface area contributed by atoms with E-state index in [1.165, 1.54) is 0 Å². The van der Waals surface area contributed by atoms with Crippen molar-refractivity contribution >= 4 is 11.9 Å². The second-order valence-electron chi connectivity index (χ2n) is 7.06. The number of ether oxygens (including phenoxy) is 1. The van der Waals surface area contributed by atoms with Gasteiger partial charge in [0.25, 0.3) is 0 Å². The van der Waals surface area contributed by atoms with E-state index in [9.17, 15) is 18.0 Å². The van der Waals surface area contributed by atoms with Crippen LogP contribution >= 0.6 is 0 Å². The number of carboxylic acid groups (broad SMARTS) is 1. The number of rotatable bonds is 5. The fourth-order valence-corrected chi connectivity index (χ4v) is 3.27. The van der Waals surface area contributed by atoms with Gasteiger partial charge in [-0.3, -0.25) is 9.78 Å². The molecule has 0 fully saturated rings. The summed E-state index contributed by atoms with van der Waals surface area (Å²) >= 11 is 0. The summed E-state index contributed by atoms with van der Waals surface area (Å²) < 4.78 is 44.9. The lowest BCUT2D eigenvalue weighted by Crippen LogP contribution is -2.42. The van der Waals surface area contributed by atoms with Crippen molar-refractivity contribution in [2.24, 2.45) is 0 Å². The molecule has 0 bridgehead atoms. The molecular formula is C21H21F3N4O5. The van der Waals surface area contributed by atoms with Crippen LogP contribution in [0.3, 0.4) is 0 Å². The van der Waals surface area contributed by atoms with Gasteiger partial charge in [0.1, 0.15) is 23.9 Å². The molecule has 0 radical (unpaired) electrons. The number of fused-ring (bicyclic) bond motifs is 1. The zero-order valence-corrected chi connectivity index (χ0v) is 17.5. The Morgan fingerprint density at radius 3 is 2.61 bits per heavy atom. The lowest BCUT2D eigenvalue weighted by atomic mass is 10.1. The topological polar surface area (TPSA) is 111 Å². The van der Waals surface area contributed by atoms with E-state index in [0.717, 1.165) is 17.3 Å². The molecule has 1 aliphatic heterocycles. The number of carboxylic acids is 1. The van der Waals surface area contributed by atoms with Crippen molar-refractivity contribution in [1.82, 2.24) is 19.4 Å². The number of hydrogen-bond donors (Lipinski definition) is 1. The SMILES string of the molecule is CC1c2ncc(COc3cccnc3)n2CCN1C(=O)Cc1ccco1.O=C(O)C(F)(F)F. The second kappa shape index (κ2) is 10.2. The van der Waals surface area contributed by atoms with Gasteiger partial charge >= 0.3 is 12.1 Å². The van der Waals surface area contributed by atoms with Crippen LogP contribution in [0, 0.1) is 0 Å². The molecule has 0 aliphatic carbocycles. The van der Waals surface area contributed by atoms with Crippen molar-refractivity contribution < 1.29 is 37.0 Å². The summed E-state index contributed by atoms with van der Waals surface area (Å²) in [5.74, 6) is -0.417. The molecule has 1 amide bonds. The third-order valence-corrected chi connectivity index (χ3v) is 4.86. The number of imidazole rings is 1. The van der Waals surface area contributed by atoms with Crippen LogP contribution in [-0.4, -0.2) is 49.1 Å². The Morgan fingerprint density at radius 1 is 1.24 bits per heavy atom. The Balaban J connectivity index is 0.000000383. The standard InChI is InChI=1S/C19H20N4O3.C2HF3O2/c1-14-19-21-11-15(13-26-17-4-2-6-20-12-17)23(19)8-7-22(14)18(24)10-16-5-3-9-25-16;3-2(4,5)1(6)7/h2-6,9,11-12,14H,7-8,10,13H2,1H3;(H,6,7). The van der Waals surface area contributed by atoms with Crippen LogP contribution in [0.1, 0.15) is 30.2 Å². The smallest absolute Gasteiger partial charge is 0.486 e. The molecule has 3 aromatic rings. The lowest BCUT2D eigenvalue weighted by Gasteiger charge is -2.34. The summed E-state index contributed by atoms with van der Waals surface area (Å²) in [6.45, 7) is 3.77. The van der Waals surface area contributed by atoms with Gasteiger partial charge in [-0.05, 0) is 31.2 Å². The minimum absolute atomic E-state index is 0.0508. The monoisotopic (exact) mass is 466 g/mol. The van der Waals surface area contributed by atoms with E-state index < -0.39 is 12.1 Å².